The second-order valence-electron chi connectivity index (χ2n) is 5.96. The number of hydrogen-bond acceptors (Lipinski definition) is 4. The highest BCUT2D eigenvalue weighted by molar-refractivity contribution is 6.30. The summed E-state index contributed by atoms with van der Waals surface area (Å²) in [5, 5.41) is 7.41. The van der Waals surface area contributed by atoms with Crippen LogP contribution in [0.3, 0.4) is 0 Å². The topological polar surface area (TPSA) is 49.8 Å². The summed E-state index contributed by atoms with van der Waals surface area (Å²) in [6, 6.07) is 17.9. The van der Waals surface area contributed by atoms with Crippen LogP contribution < -0.4 is 10.6 Å². The van der Waals surface area contributed by atoms with Crippen LogP contribution in [0.2, 0.25) is 5.02 Å². The second-order valence-corrected chi connectivity index (χ2v) is 6.40. The second kappa shape index (κ2) is 7.99. The Labute approximate surface area is 153 Å². The van der Waals surface area contributed by atoms with Crippen molar-refractivity contribution in [1.82, 2.24) is 9.97 Å². The van der Waals surface area contributed by atoms with E-state index in [1.54, 1.807) is 0 Å². The fraction of sp³-hybridized carbons (Fsp3) is 0.200. The Hall–Kier alpha value is -2.59. The van der Waals surface area contributed by atoms with Gasteiger partial charge in [0.15, 0.2) is 0 Å². The largest absolute Gasteiger partial charge is 0.370 e. The zero-order valence-electron chi connectivity index (χ0n) is 14.4. The quantitative estimate of drug-likeness (QED) is 0.644. The van der Waals surface area contributed by atoms with Gasteiger partial charge < -0.3 is 10.6 Å². The number of anilines is 3. The average Bonchev–Trinajstić information content (AvgIpc) is 2.57. The summed E-state index contributed by atoms with van der Waals surface area (Å²) in [6.07, 6.45) is 0.879. The number of nitrogens with zero attached hydrogens (tertiary/aromatic N) is 2. The Morgan fingerprint density at radius 3 is 2.60 bits per heavy atom. The molecule has 0 unspecified atom stereocenters. The third kappa shape index (κ3) is 4.94. The number of aryl methyl sites for hydroxylation is 2. The molecule has 1 aromatic heterocycles. The van der Waals surface area contributed by atoms with E-state index in [1.165, 1.54) is 5.56 Å². The van der Waals surface area contributed by atoms with Crippen LogP contribution in [0.15, 0.2) is 54.6 Å². The van der Waals surface area contributed by atoms with E-state index in [0.29, 0.717) is 5.95 Å². The van der Waals surface area contributed by atoms with Gasteiger partial charge in [-0.2, -0.15) is 4.98 Å². The zero-order valence-corrected chi connectivity index (χ0v) is 15.1. The third-order valence-corrected chi connectivity index (χ3v) is 4.09. The predicted molar refractivity (Wildman–Crippen MR) is 105 cm³/mol. The number of nitrogens with one attached hydrogen (secondary N) is 2. The van der Waals surface area contributed by atoms with Crippen molar-refractivity contribution in [2.45, 2.75) is 20.3 Å². The van der Waals surface area contributed by atoms with Gasteiger partial charge >= 0.3 is 0 Å². The van der Waals surface area contributed by atoms with Gasteiger partial charge in [0.25, 0.3) is 0 Å². The molecule has 2 N–H and O–H groups in total. The van der Waals surface area contributed by atoms with Crippen molar-refractivity contribution in [3.05, 3.63) is 76.4 Å². The summed E-state index contributed by atoms with van der Waals surface area (Å²) in [6.45, 7) is 4.80. The van der Waals surface area contributed by atoms with Gasteiger partial charge in [-0.25, -0.2) is 4.98 Å². The molecule has 0 aliphatic rings. The first-order valence-electron chi connectivity index (χ1n) is 8.27. The first-order valence-corrected chi connectivity index (χ1v) is 8.64. The lowest BCUT2D eigenvalue weighted by molar-refractivity contribution is 0.995. The molecule has 5 heteroatoms. The lowest BCUT2D eigenvalue weighted by atomic mass is 10.1. The maximum Gasteiger partial charge on any atom is 0.229 e. The molecule has 0 atom stereocenters. The van der Waals surface area contributed by atoms with Crippen LogP contribution >= 0.6 is 11.6 Å². The van der Waals surface area contributed by atoms with Crippen molar-refractivity contribution in [2.75, 3.05) is 17.2 Å². The lowest BCUT2D eigenvalue weighted by Crippen LogP contribution is -2.09. The summed E-state index contributed by atoms with van der Waals surface area (Å²) >= 11 is 6.02. The monoisotopic (exact) mass is 352 g/mol. The van der Waals surface area contributed by atoms with E-state index in [9.17, 15) is 0 Å². The highest BCUT2D eigenvalue weighted by atomic mass is 35.5. The van der Waals surface area contributed by atoms with Crippen LogP contribution in [0, 0.1) is 13.8 Å². The average molecular weight is 353 g/mol. The molecule has 0 radical (unpaired) electrons. The molecule has 0 amide bonds. The van der Waals surface area contributed by atoms with E-state index in [4.69, 9.17) is 11.6 Å². The standard InChI is InChI=1S/C20H21ClN4/c1-14-6-3-4-9-18(14)24-20-23-15(2)12-19(25-20)22-11-10-16-7-5-8-17(21)13-16/h3-9,12-13H,10-11H2,1-2H3,(H2,22,23,24,25). The van der Waals surface area contributed by atoms with Gasteiger partial charge in [0.05, 0.1) is 0 Å². The summed E-state index contributed by atoms with van der Waals surface area (Å²) in [5.41, 5.74) is 4.28. The number of benzene rings is 2. The molecule has 128 valence electrons. The van der Waals surface area contributed by atoms with Crippen LogP contribution in [-0.2, 0) is 6.42 Å². The smallest absolute Gasteiger partial charge is 0.229 e. The Bertz CT molecular complexity index is 864. The fourth-order valence-electron chi connectivity index (χ4n) is 2.58. The number of halogens is 1. The molecule has 3 aromatic rings. The third-order valence-electron chi connectivity index (χ3n) is 3.85. The van der Waals surface area contributed by atoms with E-state index >= 15 is 0 Å². The van der Waals surface area contributed by atoms with Crippen molar-refractivity contribution >= 4 is 29.1 Å². The van der Waals surface area contributed by atoms with Crippen LogP contribution in [0.25, 0.3) is 0 Å². The maximum atomic E-state index is 6.02. The molecule has 0 saturated heterocycles. The summed E-state index contributed by atoms with van der Waals surface area (Å²) < 4.78 is 0. The Morgan fingerprint density at radius 2 is 1.80 bits per heavy atom. The number of hydrogen-bond donors (Lipinski definition) is 2. The minimum atomic E-state index is 0.597. The summed E-state index contributed by atoms with van der Waals surface area (Å²) in [5.74, 6) is 1.41. The molecule has 3 rings (SSSR count). The van der Waals surface area contributed by atoms with Crippen molar-refractivity contribution in [2.24, 2.45) is 0 Å². The van der Waals surface area contributed by atoms with Gasteiger partial charge in [-0.3, -0.25) is 0 Å². The molecule has 0 aliphatic carbocycles. The first-order chi connectivity index (χ1) is 12.1. The van der Waals surface area contributed by atoms with Gasteiger partial charge in [-0.1, -0.05) is 41.9 Å². The van der Waals surface area contributed by atoms with E-state index in [1.807, 2.05) is 49.4 Å². The zero-order chi connectivity index (χ0) is 17.6. The summed E-state index contributed by atoms with van der Waals surface area (Å²) in [4.78, 5) is 9.03. The van der Waals surface area contributed by atoms with Gasteiger partial charge in [-0.15, -0.1) is 0 Å². The van der Waals surface area contributed by atoms with Gasteiger partial charge in [-0.05, 0) is 49.6 Å². The Morgan fingerprint density at radius 1 is 0.960 bits per heavy atom. The molecule has 0 fully saturated rings. The predicted octanol–water partition coefficient (Wildman–Crippen LogP) is 5.15. The van der Waals surface area contributed by atoms with Crippen LogP contribution in [0.1, 0.15) is 16.8 Å². The van der Waals surface area contributed by atoms with Crippen LogP contribution in [0.5, 0.6) is 0 Å². The SMILES string of the molecule is Cc1cc(NCCc2cccc(Cl)c2)nc(Nc2ccccc2C)n1. The van der Waals surface area contributed by atoms with Crippen LogP contribution in [0.4, 0.5) is 17.5 Å². The molecule has 0 saturated carbocycles. The molecule has 1 heterocycles. The number of aromatic nitrogens is 2. The van der Waals surface area contributed by atoms with E-state index in [2.05, 4.69) is 39.7 Å². The Balaban J connectivity index is 1.66. The van der Waals surface area contributed by atoms with Crippen molar-refractivity contribution in [3.63, 3.8) is 0 Å². The Kier molecular flexibility index (Phi) is 5.51. The molecule has 2 aromatic carbocycles. The normalized spacial score (nSPS) is 10.5. The molecular weight excluding hydrogens is 332 g/mol. The highest BCUT2D eigenvalue weighted by Gasteiger charge is 2.04. The van der Waals surface area contributed by atoms with Crippen molar-refractivity contribution in [3.8, 4) is 0 Å². The van der Waals surface area contributed by atoms with Crippen LogP contribution in [-0.4, -0.2) is 16.5 Å². The minimum absolute atomic E-state index is 0.597. The molecule has 0 aliphatic heterocycles. The number of para-hydroxylation sites is 1. The molecule has 0 bridgehead atoms. The van der Waals surface area contributed by atoms with Gasteiger partial charge in [0.2, 0.25) is 5.95 Å². The first kappa shape index (κ1) is 17.2. The van der Waals surface area contributed by atoms with E-state index in [0.717, 1.165) is 40.8 Å². The fourth-order valence-corrected chi connectivity index (χ4v) is 2.79. The number of rotatable bonds is 6. The van der Waals surface area contributed by atoms with Crippen molar-refractivity contribution in [1.29, 1.82) is 0 Å². The van der Waals surface area contributed by atoms with Gasteiger partial charge in [0.1, 0.15) is 5.82 Å². The van der Waals surface area contributed by atoms with E-state index in [-0.39, 0.29) is 0 Å². The lowest BCUT2D eigenvalue weighted by Gasteiger charge is -2.11. The molecule has 0 spiro atoms. The maximum absolute atomic E-state index is 6.02. The molecule has 25 heavy (non-hydrogen) atoms. The highest BCUT2D eigenvalue weighted by Crippen LogP contribution is 2.19. The minimum Gasteiger partial charge on any atom is -0.370 e. The van der Waals surface area contributed by atoms with Gasteiger partial charge in [0, 0.05) is 29.0 Å². The van der Waals surface area contributed by atoms with E-state index < -0.39 is 0 Å². The summed E-state index contributed by atoms with van der Waals surface area (Å²) in [7, 11) is 0. The van der Waals surface area contributed by atoms with Crippen molar-refractivity contribution < 1.29 is 0 Å². The molecule has 4 nitrogen and oxygen atoms in total. The molecular formula is C20H21ClN4.